The lowest BCUT2D eigenvalue weighted by atomic mass is 9.81. The number of rotatable bonds is 11. The minimum Gasteiger partial charge on any atom is -0.349 e. The molecule has 0 spiro atoms. The highest BCUT2D eigenvalue weighted by molar-refractivity contribution is 5.91. The number of carbonyl (C=O) groups is 2. The Labute approximate surface area is 246 Å². The van der Waals surface area contributed by atoms with E-state index in [0.717, 1.165) is 23.9 Å². The van der Waals surface area contributed by atoms with E-state index in [2.05, 4.69) is 30.8 Å². The van der Waals surface area contributed by atoms with Gasteiger partial charge in [-0.15, -0.1) is 0 Å². The molecule has 0 bridgehead atoms. The summed E-state index contributed by atoms with van der Waals surface area (Å²) in [4.78, 5) is 34.0. The minimum atomic E-state index is -4.46. The summed E-state index contributed by atoms with van der Waals surface area (Å²) in [6.07, 6.45) is -4.46. The second kappa shape index (κ2) is 12.3. The van der Waals surface area contributed by atoms with Crippen LogP contribution in [0.2, 0.25) is 0 Å². The number of amides is 2. The molecule has 44 heavy (non-hydrogen) atoms. The number of halogens is 7. The normalized spacial score (nSPS) is 19.6. The molecule has 0 radical (unpaired) electrons. The third-order valence-electron chi connectivity index (χ3n) is 8.13. The fourth-order valence-electron chi connectivity index (χ4n) is 5.49. The SMILES string of the molecule is CC(C(F)F)n1ncnc1C(=O)N[C@H](c1cn2ncc(C(NC(=O)CCC(F)(F)F)C3CC3)cc2n1)C1CCC(F)(F)CC1. The molecule has 2 unspecified atom stereocenters. The molecule has 2 fully saturated rings. The van der Waals surface area contributed by atoms with Crippen LogP contribution in [-0.4, -0.2) is 59.7 Å². The molecule has 5 rings (SSSR count). The maximum absolute atomic E-state index is 14.0. The number of aromatic nitrogens is 6. The first-order chi connectivity index (χ1) is 20.7. The lowest BCUT2D eigenvalue weighted by molar-refractivity contribution is -0.144. The second-order valence-electron chi connectivity index (χ2n) is 11.5. The van der Waals surface area contributed by atoms with Gasteiger partial charge in [-0.05, 0) is 56.1 Å². The Morgan fingerprint density at radius 1 is 1.05 bits per heavy atom. The van der Waals surface area contributed by atoms with E-state index in [1.807, 2.05) is 0 Å². The third kappa shape index (κ3) is 7.46. The van der Waals surface area contributed by atoms with Gasteiger partial charge in [-0.1, -0.05) is 0 Å². The number of nitrogens with one attached hydrogen (secondary N) is 2. The summed E-state index contributed by atoms with van der Waals surface area (Å²) in [6.45, 7) is 1.18. The van der Waals surface area contributed by atoms with Gasteiger partial charge < -0.3 is 10.6 Å². The van der Waals surface area contributed by atoms with Crippen molar-refractivity contribution in [2.45, 2.75) is 94.9 Å². The van der Waals surface area contributed by atoms with Crippen LogP contribution < -0.4 is 10.6 Å². The zero-order valence-electron chi connectivity index (χ0n) is 23.6. The standard InChI is InChI=1S/C27H31F7N8O2/c1-14(23(28)29)42-24(35-13-37-42)25(44)40-22(16-4-7-26(30,31)8-5-16)18-12-41-19(38-18)10-17(11-36-41)21(15-2-3-15)39-20(43)6-9-27(32,33)34/h10-16,21-23H,2-9H2,1H3,(H,39,43)(H,40,44)/t14?,21?,22-/m0/s1. The van der Waals surface area contributed by atoms with Gasteiger partial charge in [0.1, 0.15) is 12.4 Å². The molecule has 3 heterocycles. The van der Waals surface area contributed by atoms with Gasteiger partial charge in [0.15, 0.2) is 5.65 Å². The van der Waals surface area contributed by atoms with Crippen LogP contribution in [0.1, 0.15) is 98.3 Å². The minimum absolute atomic E-state index is 0.0208. The quantitative estimate of drug-likeness (QED) is 0.275. The zero-order chi connectivity index (χ0) is 31.8. The van der Waals surface area contributed by atoms with Crippen LogP contribution in [0.4, 0.5) is 30.7 Å². The van der Waals surface area contributed by atoms with Gasteiger partial charge in [0.25, 0.3) is 12.3 Å². The average molecular weight is 633 g/mol. The molecule has 17 heteroatoms. The zero-order valence-corrected chi connectivity index (χ0v) is 23.6. The van der Waals surface area contributed by atoms with Crippen molar-refractivity contribution in [2.75, 3.05) is 0 Å². The van der Waals surface area contributed by atoms with E-state index in [9.17, 15) is 40.3 Å². The van der Waals surface area contributed by atoms with Crippen molar-refractivity contribution in [2.24, 2.45) is 11.8 Å². The Bertz CT molecular complexity index is 1480. The van der Waals surface area contributed by atoms with Crippen LogP contribution >= 0.6 is 0 Å². The molecule has 3 atom stereocenters. The van der Waals surface area contributed by atoms with Gasteiger partial charge in [-0.2, -0.15) is 23.4 Å². The van der Waals surface area contributed by atoms with E-state index < -0.39 is 80.1 Å². The molecule has 0 saturated heterocycles. The lowest BCUT2D eigenvalue weighted by Crippen LogP contribution is -2.38. The fraction of sp³-hybridized carbons (Fsp3) is 0.630. The highest BCUT2D eigenvalue weighted by Crippen LogP contribution is 2.43. The van der Waals surface area contributed by atoms with Crippen LogP contribution in [0.25, 0.3) is 5.65 Å². The first-order valence-electron chi connectivity index (χ1n) is 14.3. The second-order valence-corrected chi connectivity index (χ2v) is 11.5. The van der Waals surface area contributed by atoms with Gasteiger partial charge in [0, 0.05) is 19.3 Å². The molecule has 0 aliphatic heterocycles. The van der Waals surface area contributed by atoms with Crippen molar-refractivity contribution < 1.29 is 40.3 Å². The summed E-state index contributed by atoms with van der Waals surface area (Å²) < 4.78 is 94.7. The molecule has 0 aromatic carbocycles. The molecule has 2 saturated carbocycles. The third-order valence-corrected chi connectivity index (χ3v) is 8.13. The average Bonchev–Trinajstić information content (AvgIpc) is 3.51. The monoisotopic (exact) mass is 632 g/mol. The van der Waals surface area contributed by atoms with Crippen molar-refractivity contribution in [1.29, 1.82) is 0 Å². The Balaban J connectivity index is 1.41. The van der Waals surface area contributed by atoms with Crippen molar-refractivity contribution in [3.05, 3.63) is 41.9 Å². The Kier molecular flexibility index (Phi) is 8.84. The van der Waals surface area contributed by atoms with Crippen LogP contribution in [0.5, 0.6) is 0 Å². The highest BCUT2D eigenvalue weighted by atomic mass is 19.4. The van der Waals surface area contributed by atoms with E-state index in [1.54, 1.807) is 6.07 Å². The molecule has 2 aliphatic carbocycles. The predicted molar refractivity (Wildman–Crippen MR) is 140 cm³/mol. The molecule has 10 nitrogen and oxygen atoms in total. The number of alkyl halides is 7. The summed E-state index contributed by atoms with van der Waals surface area (Å²) in [5.41, 5.74) is 1.11. The molecule has 2 aliphatic rings. The fourth-order valence-corrected chi connectivity index (χ4v) is 5.49. The van der Waals surface area contributed by atoms with Crippen molar-refractivity contribution in [1.82, 2.24) is 40.0 Å². The lowest BCUT2D eigenvalue weighted by Gasteiger charge is -2.33. The maximum atomic E-state index is 14.0. The van der Waals surface area contributed by atoms with Crippen molar-refractivity contribution in [3.63, 3.8) is 0 Å². The highest BCUT2D eigenvalue weighted by Gasteiger charge is 2.40. The van der Waals surface area contributed by atoms with Gasteiger partial charge in [0.05, 0.1) is 36.6 Å². The molecule has 2 N–H and O–H groups in total. The number of carbonyl (C=O) groups excluding carboxylic acids is 2. The molecule has 2 amide bonds. The Hall–Kier alpha value is -3.79. The molecule has 3 aromatic heterocycles. The van der Waals surface area contributed by atoms with E-state index in [4.69, 9.17) is 0 Å². The van der Waals surface area contributed by atoms with Gasteiger partial charge >= 0.3 is 6.18 Å². The van der Waals surface area contributed by atoms with Crippen LogP contribution in [-0.2, 0) is 4.79 Å². The number of hydrogen-bond acceptors (Lipinski definition) is 6. The molecular weight excluding hydrogens is 601 g/mol. The first-order valence-corrected chi connectivity index (χ1v) is 14.3. The first kappa shape index (κ1) is 31.6. The maximum Gasteiger partial charge on any atom is 0.389 e. The number of hydrogen-bond donors (Lipinski definition) is 2. The number of nitrogens with zero attached hydrogens (tertiary/aromatic N) is 6. The van der Waals surface area contributed by atoms with E-state index in [0.29, 0.717) is 11.2 Å². The topological polar surface area (TPSA) is 119 Å². The number of fused-ring (bicyclic) bond motifs is 1. The summed E-state index contributed by atoms with van der Waals surface area (Å²) in [5.74, 6) is -5.25. The molecular formula is C27H31F7N8O2. The van der Waals surface area contributed by atoms with Crippen LogP contribution in [0.3, 0.4) is 0 Å². The Morgan fingerprint density at radius 2 is 1.73 bits per heavy atom. The summed E-state index contributed by atoms with van der Waals surface area (Å²) in [7, 11) is 0. The summed E-state index contributed by atoms with van der Waals surface area (Å²) in [6, 6.07) is -1.31. The van der Waals surface area contributed by atoms with Gasteiger partial charge in [0.2, 0.25) is 17.7 Å². The molecule has 240 valence electrons. The number of imidazole rings is 1. The van der Waals surface area contributed by atoms with Crippen LogP contribution in [0, 0.1) is 11.8 Å². The van der Waals surface area contributed by atoms with Gasteiger partial charge in [-0.3, -0.25) is 9.59 Å². The van der Waals surface area contributed by atoms with Crippen molar-refractivity contribution >= 4 is 17.5 Å². The van der Waals surface area contributed by atoms with Crippen molar-refractivity contribution in [3.8, 4) is 0 Å². The van der Waals surface area contributed by atoms with E-state index in [1.165, 1.54) is 23.8 Å². The van der Waals surface area contributed by atoms with E-state index >= 15 is 0 Å². The van der Waals surface area contributed by atoms with E-state index in [-0.39, 0.29) is 30.3 Å². The summed E-state index contributed by atoms with van der Waals surface area (Å²) >= 11 is 0. The predicted octanol–water partition coefficient (Wildman–Crippen LogP) is 5.35. The van der Waals surface area contributed by atoms with Gasteiger partial charge in [-0.25, -0.2) is 36.7 Å². The summed E-state index contributed by atoms with van der Waals surface area (Å²) in [5, 5.41) is 13.5. The van der Waals surface area contributed by atoms with Crippen LogP contribution in [0.15, 0.2) is 24.8 Å². The smallest absolute Gasteiger partial charge is 0.349 e. The Morgan fingerprint density at radius 3 is 2.36 bits per heavy atom. The molecule has 3 aromatic rings. The largest absolute Gasteiger partial charge is 0.389 e.